The highest BCUT2D eigenvalue weighted by Crippen LogP contribution is 2.18. The van der Waals surface area contributed by atoms with E-state index in [1.54, 1.807) is 6.20 Å². The molecule has 0 aliphatic carbocycles. The van der Waals surface area contributed by atoms with Gasteiger partial charge in [-0.15, -0.1) is 0 Å². The van der Waals surface area contributed by atoms with Gasteiger partial charge in [-0.2, -0.15) is 0 Å². The van der Waals surface area contributed by atoms with Gasteiger partial charge in [0.2, 0.25) is 0 Å². The van der Waals surface area contributed by atoms with E-state index in [1.165, 1.54) is 17.7 Å². The van der Waals surface area contributed by atoms with Crippen LogP contribution in [-0.4, -0.2) is 30.5 Å². The first-order valence-corrected chi connectivity index (χ1v) is 9.36. The van der Waals surface area contributed by atoms with E-state index in [2.05, 4.69) is 27.3 Å². The minimum atomic E-state index is -0.209. The molecule has 0 amide bonds. The number of ether oxygens (including phenoxy) is 1. The average Bonchev–Trinajstić information content (AvgIpc) is 2.72. The summed E-state index contributed by atoms with van der Waals surface area (Å²) in [7, 11) is 4.06. The lowest BCUT2D eigenvalue weighted by Crippen LogP contribution is -2.30. The molecule has 1 atom stereocenters. The zero-order chi connectivity index (χ0) is 19.8. The molecule has 0 fully saturated rings. The van der Waals surface area contributed by atoms with E-state index in [0.29, 0.717) is 6.61 Å². The van der Waals surface area contributed by atoms with Crippen LogP contribution in [0.3, 0.4) is 0 Å². The van der Waals surface area contributed by atoms with Gasteiger partial charge in [0, 0.05) is 25.3 Å². The molecule has 0 radical (unpaired) electrons. The SMILES string of the molecule is CN(C)C(CNCc1ccc(OCc2ccccn2)cc1)c1ccc(F)cc1. The monoisotopic (exact) mass is 379 g/mol. The van der Waals surface area contributed by atoms with Gasteiger partial charge in [0.1, 0.15) is 18.2 Å². The number of rotatable bonds is 9. The second kappa shape index (κ2) is 9.97. The molecule has 0 aliphatic rings. The maximum Gasteiger partial charge on any atom is 0.130 e. The molecular formula is C23H26FN3O. The molecule has 4 nitrogen and oxygen atoms in total. The van der Waals surface area contributed by atoms with Gasteiger partial charge in [-0.3, -0.25) is 4.98 Å². The van der Waals surface area contributed by atoms with Gasteiger partial charge in [0.15, 0.2) is 0 Å². The summed E-state index contributed by atoms with van der Waals surface area (Å²) in [5.41, 5.74) is 3.18. The number of hydrogen-bond acceptors (Lipinski definition) is 4. The minimum Gasteiger partial charge on any atom is -0.487 e. The highest BCUT2D eigenvalue weighted by atomic mass is 19.1. The third-order valence-electron chi connectivity index (χ3n) is 4.58. The second-order valence-electron chi connectivity index (χ2n) is 6.92. The van der Waals surface area contributed by atoms with Crippen LogP contribution in [0, 0.1) is 5.82 Å². The molecule has 3 aromatic rings. The average molecular weight is 379 g/mol. The molecular weight excluding hydrogens is 353 g/mol. The van der Waals surface area contributed by atoms with Crippen molar-refractivity contribution < 1.29 is 9.13 Å². The van der Waals surface area contributed by atoms with Crippen LogP contribution < -0.4 is 10.1 Å². The highest BCUT2D eigenvalue weighted by Gasteiger charge is 2.13. The minimum absolute atomic E-state index is 0.182. The molecule has 2 aromatic carbocycles. The van der Waals surface area contributed by atoms with E-state index in [4.69, 9.17) is 4.74 Å². The zero-order valence-electron chi connectivity index (χ0n) is 16.3. The number of likely N-dealkylation sites (N-methyl/N-ethyl adjacent to an activating group) is 1. The van der Waals surface area contributed by atoms with Crippen LogP contribution in [0.15, 0.2) is 72.9 Å². The van der Waals surface area contributed by atoms with Crippen molar-refractivity contribution in [3.05, 3.63) is 95.6 Å². The van der Waals surface area contributed by atoms with Crippen molar-refractivity contribution in [2.24, 2.45) is 0 Å². The molecule has 0 saturated heterocycles. The van der Waals surface area contributed by atoms with Crippen molar-refractivity contribution >= 4 is 0 Å². The van der Waals surface area contributed by atoms with Crippen molar-refractivity contribution in [2.45, 2.75) is 19.2 Å². The standard InChI is InChI=1S/C23H26FN3O/c1-27(2)23(19-8-10-20(24)11-9-19)16-25-15-18-6-12-22(13-7-18)28-17-21-5-3-4-14-26-21/h3-14,23,25H,15-17H2,1-2H3. The molecule has 1 aromatic heterocycles. The van der Waals surface area contributed by atoms with Gasteiger partial charge in [0.25, 0.3) is 0 Å². The summed E-state index contributed by atoms with van der Waals surface area (Å²) in [6.07, 6.45) is 1.76. The number of nitrogens with zero attached hydrogens (tertiary/aromatic N) is 2. The first-order chi connectivity index (χ1) is 13.6. The van der Waals surface area contributed by atoms with Crippen molar-refractivity contribution in [1.29, 1.82) is 0 Å². The summed E-state index contributed by atoms with van der Waals surface area (Å²) in [6, 6.07) is 20.7. The molecule has 0 spiro atoms. The number of nitrogens with one attached hydrogen (secondary N) is 1. The predicted octanol–water partition coefficient (Wildman–Crippen LogP) is 4.19. The van der Waals surface area contributed by atoms with Gasteiger partial charge >= 0.3 is 0 Å². The molecule has 28 heavy (non-hydrogen) atoms. The Morgan fingerprint density at radius 2 is 1.75 bits per heavy atom. The topological polar surface area (TPSA) is 37.4 Å². The molecule has 3 rings (SSSR count). The predicted molar refractivity (Wildman–Crippen MR) is 110 cm³/mol. The van der Waals surface area contributed by atoms with Crippen LogP contribution >= 0.6 is 0 Å². The van der Waals surface area contributed by atoms with Crippen LogP contribution in [0.25, 0.3) is 0 Å². The van der Waals surface area contributed by atoms with Gasteiger partial charge in [-0.05, 0) is 61.6 Å². The fraction of sp³-hybridized carbons (Fsp3) is 0.261. The molecule has 146 valence electrons. The lowest BCUT2D eigenvalue weighted by atomic mass is 10.1. The Morgan fingerprint density at radius 1 is 1.00 bits per heavy atom. The lowest BCUT2D eigenvalue weighted by Gasteiger charge is -2.25. The molecule has 0 saturated carbocycles. The molecule has 5 heteroatoms. The van der Waals surface area contributed by atoms with Crippen LogP contribution in [0.2, 0.25) is 0 Å². The largest absolute Gasteiger partial charge is 0.487 e. The van der Waals surface area contributed by atoms with Crippen molar-refractivity contribution in [1.82, 2.24) is 15.2 Å². The van der Waals surface area contributed by atoms with E-state index < -0.39 is 0 Å². The van der Waals surface area contributed by atoms with Crippen molar-refractivity contribution in [2.75, 3.05) is 20.6 Å². The number of hydrogen-bond donors (Lipinski definition) is 1. The Balaban J connectivity index is 1.49. The molecule has 1 heterocycles. The van der Waals surface area contributed by atoms with Crippen molar-refractivity contribution in [3.63, 3.8) is 0 Å². The first-order valence-electron chi connectivity index (χ1n) is 9.36. The smallest absolute Gasteiger partial charge is 0.130 e. The van der Waals surface area contributed by atoms with Crippen LogP contribution in [0.1, 0.15) is 22.9 Å². The zero-order valence-corrected chi connectivity index (χ0v) is 16.3. The summed E-state index contributed by atoms with van der Waals surface area (Å²) in [5, 5.41) is 3.49. The molecule has 1 unspecified atom stereocenters. The Kier molecular flexibility index (Phi) is 7.12. The number of pyridine rings is 1. The quantitative estimate of drug-likeness (QED) is 0.605. The number of halogens is 1. The second-order valence-corrected chi connectivity index (χ2v) is 6.92. The molecule has 1 N–H and O–H groups in total. The summed E-state index contributed by atoms with van der Waals surface area (Å²) in [6.45, 7) is 1.99. The van der Waals surface area contributed by atoms with E-state index >= 15 is 0 Å². The fourth-order valence-electron chi connectivity index (χ4n) is 2.98. The van der Waals surface area contributed by atoms with E-state index in [1.807, 2.05) is 56.6 Å². The van der Waals surface area contributed by atoms with Gasteiger partial charge in [-0.1, -0.05) is 30.3 Å². The normalized spacial score (nSPS) is 12.1. The maximum atomic E-state index is 13.2. The summed E-state index contributed by atoms with van der Waals surface area (Å²) < 4.78 is 18.9. The number of aromatic nitrogens is 1. The van der Waals surface area contributed by atoms with Gasteiger partial charge < -0.3 is 15.0 Å². The third kappa shape index (κ3) is 5.87. The Bertz CT molecular complexity index is 836. The Morgan fingerprint density at radius 3 is 2.39 bits per heavy atom. The fourth-order valence-corrected chi connectivity index (χ4v) is 2.98. The van der Waals surface area contributed by atoms with Crippen LogP contribution in [0.5, 0.6) is 5.75 Å². The summed E-state index contributed by atoms with van der Waals surface area (Å²) >= 11 is 0. The lowest BCUT2D eigenvalue weighted by molar-refractivity contribution is 0.288. The van der Waals surface area contributed by atoms with E-state index in [0.717, 1.165) is 30.1 Å². The van der Waals surface area contributed by atoms with E-state index in [-0.39, 0.29) is 11.9 Å². The first kappa shape index (κ1) is 20.0. The molecule has 0 aliphatic heterocycles. The van der Waals surface area contributed by atoms with Crippen molar-refractivity contribution in [3.8, 4) is 5.75 Å². The number of benzene rings is 2. The van der Waals surface area contributed by atoms with E-state index in [9.17, 15) is 4.39 Å². The van der Waals surface area contributed by atoms with Crippen LogP contribution in [-0.2, 0) is 13.2 Å². The summed E-state index contributed by atoms with van der Waals surface area (Å²) in [4.78, 5) is 6.39. The summed E-state index contributed by atoms with van der Waals surface area (Å²) in [5.74, 6) is 0.617. The van der Waals surface area contributed by atoms with Crippen LogP contribution in [0.4, 0.5) is 4.39 Å². The van der Waals surface area contributed by atoms with Gasteiger partial charge in [0.05, 0.1) is 5.69 Å². The van der Waals surface area contributed by atoms with Gasteiger partial charge in [-0.25, -0.2) is 4.39 Å². The third-order valence-corrected chi connectivity index (χ3v) is 4.58. The highest BCUT2D eigenvalue weighted by molar-refractivity contribution is 5.27. The molecule has 0 bridgehead atoms. The Hall–Kier alpha value is -2.76. The maximum absolute atomic E-state index is 13.2. The Labute approximate surface area is 166 Å².